The average molecular weight is 282 g/mol. The monoisotopic (exact) mass is 282 g/mol. The number of fused-ring (bicyclic) bond motifs is 1. The van der Waals surface area contributed by atoms with Gasteiger partial charge in [0.25, 0.3) is 0 Å². The minimum atomic E-state index is 0.830. The van der Waals surface area contributed by atoms with Gasteiger partial charge >= 0.3 is 0 Å². The Bertz CT molecular complexity index is 610. The molecule has 0 saturated carbocycles. The lowest BCUT2D eigenvalue weighted by Crippen LogP contribution is -2.18. The topological polar surface area (TPSA) is 34.2 Å². The second-order valence-electron chi connectivity index (χ2n) is 5.43. The third-order valence-corrected chi connectivity index (χ3v) is 4.00. The molecule has 3 rings (SSSR count). The van der Waals surface area contributed by atoms with Crippen LogP contribution in [0.1, 0.15) is 29.3 Å². The van der Waals surface area contributed by atoms with Gasteiger partial charge in [0.15, 0.2) is 0 Å². The first-order valence-corrected chi connectivity index (χ1v) is 7.75. The van der Waals surface area contributed by atoms with E-state index in [-0.39, 0.29) is 0 Å². The van der Waals surface area contributed by atoms with Crippen molar-refractivity contribution in [3.05, 3.63) is 58.9 Å². The van der Waals surface area contributed by atoms with Crippen LogP contribution in [0.4, 0.5) is 0 Å². The molecule has 3 nitrogen and oxygen atoms in total. The Morgan fingerprint density at radius 2 is 2.24 bits per heavy atom. The maximum Gasteiger partial charge on any atom is 0.122 e. The number of nitrogens with one attached hydrogen (secondary N) is 1. The van der Waals surface area contributed by atoms with E-state index in [1.54, 1.807) is 0 Å². The van der Waals surface area contributed by atoms with Gasteiger partial charge < -0.3 is 10.1 Å². The lowest BCUT2D eigenvalue weighted by molar-refractivity contribution is 0.357. The van der Waals surface area contributed by atoms with Gasteiger partial charge in [-0.25, -0.2) is 0 Å². The van der Waals surface area contributed by atoms with Gasteiger partial charge in [-0.2, -0.15) is 0 Å². The fourth-order valence-electron chi connectivity index (χ4n) is 2.79. The summed E-state index contributed by atoms with van der Waals surface area (Å²) in [5.41, 5.74) is 5.23. The van der Waals surface area contributed by atoms with Gasteiger partial charge in [-0.05, 0) is 48.2 Å². The van der Waals surface area contributed by atoms with Crippen molar-refractivity contribution in [1.29, 1.82) is 0 Å². The third kappa shape index (κ3) is 3.42. The SMILES string of the molecule is CCc1cccnc1CNCCc1ccc2c(c1)CCO2. The smallest absolute Gasteiger partial charge is 0.122 e. The molecule has 1 aromatic carbocycles. The van der Waals surface area contributed by atoms with E-state index >= 15 is 0 Å². The molecule has 0 aliphatic carbocycles. The van der Waals surface area contributed by atoms with E-state index in [1.165, 1.54) is 22.4 Å². The molecule has 21 heavy (non-hydrogen) atoms. The molecule has 0 bridgehead atoms. The molecule has 0 atom stereocenters. The number of hydrogen-bond donors (Lipinski definition) is 1. The Morgan fingerprint density at radius 1 is 1.29 bits per heavy atom. The van der Waals surface area contributed by atoms with Crippen LogP contribution in [-0.2, 0) is 25.8 Å². The number of nitrogens with zero attached hydrogens (tertiary/aromatic N) is 1. The van der Waals surface area contributed by atoms with E-state index in [9.17, 15) is 0 Å². The molecule has 0 saturated heterocycles. The maximum absolute atomic E-state index is 5.54. The Morgan fingerprint density at radius 3 is 3.14 bits per heavy atom. The highest BCUT2D eigenvalue weighted by Gasteiger charge is 2.11. The summed E-state index contributed by atoms with van der Waals surface area (Å²) in [5.74, 6) is 1.06. The van der Waals surface area contributed by atoms with Gasteiger partial charge in [0.2, 0.25) is 0 Å². The zero-order chi connectivity index (χ0) is 14.5. The number of benzene rings is 1. The van der Waals surface area contributed by atoms with E-state index in [4.69, 9.17) is 4.74 Å². The van der Waals surface area contributed by atoms with E-state index < -0.39 is 0 Å². The van der Waals surface area contributed by atoms with Crippen LogP contribution in [0.5, 0.6) is 5.75 Å². The zero-order valence-corrected chi connectivity index (χ0v) is 12.6. The highest BCUT2D eigenvalue weighted by molar-refractivity contribution is 5.39. The van der Waals surface area contributed by atoms with Gasteiger partial charge in [0.1, 0.15) is 5.75 Å². The van der Waals surface area contributed by atoms with Crippen LogP contribution in [-0.4, -0.2) is 18.1 Å². The lowest BCUT2D eigenvalue weighted by Gasteiger charge is -2.09. The van der Waals surface area contributed by atoms with Crippen LogP contribution < -0.4 is 10.1 Å². The molecule has 1 aliphatic rings. The van der Waals surface area contributed by atoms with Crippen molar-refractivity contribution in [2.24, 2.45) is 0 Å². The second kappa shape index (κ2) is 6.72. The third-order valence-electron chi connectivity index (χ3n) is 4.00. The first kappa shape index (κ1) is 14.1. The molecule has 2 heterocycles. The number of aromatic nitrogens is 1. The normalized spacial score (nSPS) is 13.0. The standard InChI is InChI=1S/C18H22N2O/c1-2-15-4-3-9-20-17(15)13-19-10-7-14-5-6-18-16(12-14)8-11-21-18/h3-6,9,12,19H,2,7-8,10-11,13H2,1H3. The highest BCUT2D eigenvalue weighted by atomic mass is 16.5. The summed E-state index contributed by atoms with van der Waals surface area (Å²) < 4.78 is 5.54. The minimum Gasteiger partial charge on any atom is -0.493 e. The van der Waals surface area contributed by atoms with Crippen LogP contribution in [0.3, 0.4) is 0 Å². The molecule has 0 amide bonds. The van der Waals surface area contributed by atoms with Gasteiger partial charge in [-0.3, -0.25) is 4.98 Å². The molecule has 0 fully saturated rings. The van der Waals surface area contributed by atoms with E-state index in [0.29, 0.717) is 0 Å². The highest BCUT2D eigenvalue weighted by Crippen LogP contribution is 2.25. The summed E-state index contributed by atoms with van der Waals surface area (Å²) in [5, 5.41) is 3.50. The summed E-state index contributed by atoms with van der Waals surface area (Å²) in [6.07, 6.45) is 5.00. The average Bonchev–Trinajstić information content (AvgIpc) is 2.99. The minimum absolute atomic E-state index is 0.830. The Balaban J connectivity index is 1.50. The van der Waals surface area contributed by atoms with E-state index in [1.807, 2.05) is 12.3 Å². The largest absolute Gasteiger partial charge is 0.493 e. The van der Waals surface area contributed by atoms with Crippen LogP contribution in [0, 0.1) is 0 Å². The predicted octanol–water partition coefficient (Wildman–Crippen LogP) is 2.91. The number of rotatable bonds is 6. The number of ether oxygens (including phenoxy) is 1. The van der Waals surface area contributed by atoms with Crippen molar-refractivity contribution in [2.75, 3.05) is 13.2 Å². The van der Waals surface area contributed by atoms with Gasteiger partial charge in [0.05, 0.1) is 12.3 Å². The summed E-state index contributed by atoms with van der Waals surface area (Å²) in [4.78, 5) is 4.46. The van der Waals surface area contributed by atoms with Crippen LogP contribution >= 0.6 is 0 Å². The molecule has 2 aromatic rings. The summed E-state index contributed by atoms with van der Waals surface area (Å²) >= 11 is 0. The van der Waals surface area contributed by atoms with Crippen molar-refractivity contribution in [2.45, 2.75) is 32.7 Å². The first-order chi connectivity index (χ1) is 10.4. The number of hydrogen-bond acceptors (Lipinski definition) is 3. The molecular weight excluding hydrogens is 260 g/mol. The molecule has 0 spiro atoms. The van der Waals surface area contributed by atoms with Crippen molar-refractivity contribution in [3.63, 3.8) is 0 Å². The summed E-state index contributed by atoms with van der Waals surface area (Å²) in [6, 6.07) is 10.7. The van der Waals surface area contributed by atoms with Crippen LogP contribution in [0.2, 0.25) is 0 Å². The van der Waals surface area contributed by atoms with Gasteiger partial charge in [-0.15, -0.1) is 0 Å². The van der Waals surface area contributed by atoms with E-state index in [2.05, 4.69) is 41.5 Å². The van der Waals surface area contributed by atoms with Crippen molar-refractivity contribution in [1.82, 2.24) is 10.3 Å². The van der Waals surface area contributed by atoms with Crippen LogP contribution in [0.25, 0.3) is 0 Å². The Labute approximate surface area is 126 Å². The van der Waals surface area contributed by atoms with Crippen molar-refractivity contribution in [3.8, 4) is 5.75 Å². The number of pyridine rings is 1. The molecule has 1 N–H and O–H groups in total. The maximum atomic E-state index is 5.54. The second-order valence-corrected chi connectivity index (χ2v) is 5.43. The molecular formula is C18H22N2O. The molecule has 1 aliphatic heterocycles. The van der Waals surface area contributed by atoms with Crippen LogP contribution in [0.15, 0.2) is 36.5 Å². The van der Waals surface area contributed by atoms with Crippen molar-refractivity contribution < 1.29 is 4.74 Å². The Kier molecular flexibility index (Phi) is 4.51. The fraction of sp³-hybridized carbons (Fsp3) is 0.389. The fourth-order valence-corrected chi connectivity index (χ4v) is 2.79. The Hall–Kier alpha value is -1.87. The molecule has 0 unspecified atom stereocenters. The molecule has 1 aromatic heterocycles. The lowest BCUT2D eigenvalue weighted by atomic mass is 10.1. The quantitative estimate of drug-likeness (QED) is 0.827. The van der Waals surface area contributed by atoms with Crippen molar-refractivity contribution >= 4 is 0 Å². The molecule has 0 radical (unpaired) electrons. The predicted molar refractivity (Wildman–Crippen MR) is 84.7 cm³/mol. The van der Waals surface area contributed by atoms with E-state index in [0.717, 1.165) is 44.7 Å². The summed E-state index contributed by atoms with van der Waals surface area (Å²) in [6.45, 7) is 4.82. The number of aryl methyl sites for hydroxylation is 1. The van der Waals surface area contributed by atoms with Gasteiger partial charge in [0, 0.05) is 19.2 Å². The molecule has 3 heteroatoms. The van der Waals surface area contributed by atoms with Gasteiger partial charge in [-0.1, -0.05) is 25.1 Å². The summed E-state index contributed by atoms with van der Waals surface area (Å²) in [7, 11) is 0. The molecule has 110 valence electrons. The zero-order valence-electron chi connectivity index (χ0n) is 12.6. The first-order valence-electron chi connectivity index (χ1n) is 7.75.